The van der Waals surface area contributed by atoms with Crippen molar-refractivity contribution in [3.63, 3.8) is 0 Å². The predicted molar refractivity (Wildman–Crippen MR) is 97.5 cm³/mol. The second-order valence-corrected chi connectivity index (χ2v) is 5.79. The fourth-order valence-corrected chi connectivity index (χ4v) is 2.53. The van der Waals surface area contributed by atoms with Crippen LogP contribution in [-0.2, 0) is 0 Å². The summed E-state index contributed by atoms with van der Waals surface area (Å²) in [4.78, 5) is 12.5. The van der Waals surface area contributed by atoms with E-state index in [0.29, 0.717) is 24.7 Å². The number of nitrogens with one attached hydrogen (secondary N) is 1. The molecule has 0 fully saturated rings. The highest BCUT2D eigenvalue weighted by molar-refractivity contribution is 5.97. The van der Waals surface area contributed by atoms with E-state index in [9.17, 15) is 9.90 Å². The highest BCUT2D eigenvalue weighted by atomic mass is 16.5. The number of amides is 1. The molecule has 0 aliphatic rings. The smallest absolute Gasteiger partial charge is 0.255 e. The average Bonchev–Trinajstić information content (AvgIpc) is 2.58. The summed E-state index contributed by atoms with van der Waals surface area (Å²) in [6.07, 6.45) is 0. The van der Waals surface area contributed by atoms with E-state index in [0.717, 1.165) is 11.1 Å². The van der Waals surface area contributed by atoms with Crippen molar-refractivity contribution in [2.75, 3.05) is 13.2 Å². The van der Waals surface area contributed by atoms with Gasteiger partial charge in [-0.05, 0) is 57.5 Å². The summed E-state index contributed by atoms with van der Waals surface area (Å²) in [6, 6.07) is 10.3. The number of phenolic OH excluding ortho intramolecular Hbond substituents is 1. The van der Waals surface area contributed by atoms with Crippen LogP contribution in [0.2, 0.25) is 0 Å². The first-order chi connectivity index (χ1) is 12.0. The molecular formula is C20H25NO4. The minimum Gasteiger partial charge on any atom is -0.507 e. The van der Waals surface area contributed by atoms with Crippen molar-refractivity contribution in [3.8, 4) is 17.2 Å². The Morgan fingerprint density at radius 3 is 2.44 bits per heavy atom. The minimum atomic E-state index is -0.319. The molecule has 1 unspecified atom stereocenters. The van der Waals surface area contributed by atoms with Gasteiger partial charge in [-0.1, -0.05) is 17.7 Å². The molecule has 0 saturated carbocycles. The van der Waals surface area contributed by atoms with Crippen LogP contribution in [-0.4, -0.2) is 24.2 Å². The topological polar surface area (TPSA) is 67.8 Å². The van der Waals surface area contributed by atoms with Crippen LogP contribution in [0.3, 0.4) is 0 Å². The molecule has 25 heavy (non-hydrogen) atoms. The maximum atomic E-state index is 12.5. The summed E-state index contributed by atoms with van der Waals surface area (Å²) in [5.41, 5.74) is 2.07. The normalized spacial score (nSPS) is 11.7. The third-order valence-electron chi connectivity index (χ3n) is 3.81. The standard InChI is InChI=1S/C20H25NO4/c1-5-24-18-10-8-15(12-19(18)25-6-2)14(4)21-20(23)16-11-13(3)7-9-17(16)22/h7-12,14,22H,5-6H2,1-4H3,(H,21,23). The van der Waals surface area contributed by atoms with E-state index in [1.807, 2.05) is 45.9 Å². The van der Waals surface area contributed by atoms with Crippen molar-refractivity contribution < 1.29 is 19.4 Å². The molecule has 2 aromatic rings. The van der Waals surface area contributed by atoms with Gasteiger partial charge < -0.3 is 19.9 Å². The Hall–Kier alpha value is -2.69. The molecule has 134 valence electrons. The second kappa shape index (κ2) is 8.42. The van der Waals surface area contributed by atoms with Gasteiger partial charge in [0, 0.05) is 0 Å². The van der Waals surface area contributed by atoms with Crippen molar-refractivity contribution in [1.29, 1.82) is 0 Å². The molecule has 2 aromatic carbocycles. The summed E-state index contributed by atoms with van der Waals surface area (Å²) < 4.78 is 11.2. The Bertz CT molecular complexity index is 742. The van der Waals surface area contributed by atoms with E-state index < -0.39 is 0 Å². The molecule has 0 spiro atoms. The number of hydrogen-bond acceptors (Lipinski definition) is 4. The lowest BCUT2D eigenvalue weighted by molar-refractivity contribution is 0.0937. The number of ether oxygens (including phenoxy) is 2. The second-order valence-electron chi connectivity index (χ2n) is 5.79. The van der Waals surface area contributed by atoms with Gasteiger partial charge in [-0.3, -0.25) is 4.79 Å². The van der Waals surface area contributed by atoms with Crippen molar-refractivity contribution in [2.45, 2.75) is 33.7 Å². The number of carbonyl (C=O) groups excluding carboxylic acids is 1. The number of carbonyl (C=O) groups is 1. The Morgan fingerprint density at radius 1 is 1.08 bits per heavy atom. The lowest BCUT2D eigenvalue weighted by atomic mass is 10.1. The average molecular weight is 343 g/mol. The van der Waals surface area contributed by atoms with E-state index >= 15 is 0 Å². The van der Waals surface area contributed by atoms with Gasteiger partial charge in [0.05, 0.1) is 24.8 Å². The van der Waals surface area contributed by atoms with E-state index in [1.54, 1.807) is 12.1 Å². The Kier molecular flexibility index (Phi) is 6.28. The molecule has 0 aliphatic carbocycles. The zero-order valence-electron chi connectivity index (χ0n) is 15.1. The van der Waals surface area contributed by atoms with Gasteiger partial charge in [-0.2, -0.15) is 0 Å². The first kappa shape index (κ1) is 18.6. The van der Waals surface area contributed by atoms with Gasteiger partial charge >= 0.3 is 0 Å². The Morgan fingerprint density at radius 2 is 1.76 bits per heavy atom. The molecule has 0 heterocycles. The van der Waals surface area contributed by atoms with Crippen LogP contribution in [0.4, 0.5) is 0 Å². The fourth-order valence-electron chi connectivity index (χ4n) is 2.53. The third-order valence-corrected chi connectivity index (χ3v) is 3.81. The summed E-state index contributed by atoms with van der Waals surface area (Å²) in [5.74, 6) is 0.988. The third kappa shape index (κ3) is 4.66. The Labute approximate surface area is 148 Å². The molecule has 1 amide bonds. The highest BCUT2D eigenvalue weighted by Crippen LogP contribution is 2.31. The summed E-state index contributed by atoms with van der Waals surface area (Å²) in [5, 5.41) is 12.8. The minimum absolute atomic E-state index is 0.0306. The van der Waals surface area contributed by atoms with Crippen LogP contribution in [0, 0.1) is 6.92 Å². The number of phenols is 1. The molecule has 1 atom stereocenters. The molecule has 5 heteroatoms. The maximum absolute atomic E-state index is 12.5. The molecular weight excluding hydrogens is 318 g/mol. The van der Waals surface area contributed by atoms with Gasteiger partial charge in [-0.15, -0.1) is 0 Å². The van der Waals surface area contributed by atoms with Crippen LogP contribution in [0.25, 0.3) is 0 Å². The highest BCUT2D eigenvalue weighted by Gasteiger charge is 2.16. The van der Waals surface area contributed by atoms with Crippen LogP contribution in [0.1, 0.15) is 48.3 Å². The van der Waals surface area contributed by atoms with Gasteiger partial charge in [0.2, 0.25) is 0 Å². The number of rotatable bonds is 7. The number of aryl methyl sites for hydroxylation is 1. The van der Waals surface area contributed by atoms with Crippen molar-refractivity contribution in [3.05, 3.63) is 53.1 Å². The van der Waals surface area contributed by atoms with Crippen LogP contribution in [0.5, 0.6) is 17.2 Å². The van der Waals surface area contributed by atoms with Crippen LogP contribution >= 0.6 is 0 Å². The summed E-state index contributed by atoms with van der Waals surface area (Å²) in [7, 11) is 0. The quantitative estimate of drug-likeness (QED) is 0.798. The lowest BCUT2D eigenvalue weighted by Crippen LogP contribution is -2.26. The maximum Gasteiger partial charge on any atom is 0.255 e. The molecule has 0 bridgehead atoms. The first-order valence-corrected chi connectivity index (χ1v) is 8.46. The zero-order valence-corrected chi connectivity index (χ0v) is 15.1. The molecule has 0 saturated heterocycles. The summed E-state index contributed by atoms with van der Waals surface area (Å²) >= 11 is 0. The van der Waals surface area contributed by atoms with Crippen molar-refractivity contribution >= 4 is 5.91 Å². The van der Waals surface area contributed by atoms with E-state index in [4.69, 9.17) is 9.47 Å². The summed E-state index contributed by atoms with van der Waals surface area (Å²) in [6.45, 7) is 8.67. The van der Waals surface area contributed by atoms with Crippen LogP contribution in [0.15, 0.2) is 36.4 Å². The van der Waals surface area contributed by atoms with Gasteiger partial charge in [0.1, 0.15) is 5.75 Å². The molecule has 5 nitrogen and oxygen atoms in total. The Balaban J connectivity index is 2.19. The number of benzene rings is 2. The molecule has 2 rings (SSSR count). The van der Waals surface area contributed by atoms with E-state index in [1.165, 1.54) is 6.07 Å². The number of aromatic hydroxyl groups is 1. The fraction of sp³-hybridized carbons (Fsp3) is 0.350. The van der Waals surface area contributed by atoms with E-state index in [2.05, 4.69) is 5.32 Å². The SMILES string of the molecule is CCOc1ccc(C(C)NC(=O)c2cc(C)ccc2O)cc1OCC. The molecule has 0 aliphatic heterocycles. The molecule has 0 aromatic heterocycles. The molecule has 2 N–H and O–H groups in total. The van der Waals surface area contributed by atoms with Gasteiger partial charge in [0.25, 0.3) is 5.91 Å². The lowest BCUT2D eigenvalue weighted by Gasteiger charge is -2.18. The van der Waals surface area contributed by atoms with Gasteiger partial charge in [-0.25, -0.2) is 0 Å². The van der Waals surface area contributed by atoms with Crippen molar-refractivity contribution in [2.24, 2.45) is 0 Å². The van der Waals surface area contributed by atoms with E-state index in [-0.39, 0.29) is 23.3 Å². The van der Waals surface area contributed by atoms with Crippen LogP contribution < -0.4 is 14.8 Å². The first-order valence-electron chi connectivity index (χ1n) is 8.46. The van der Waals surface area contributed by atoms with Crippen molar-refractivity contribution in [1.82, 2.24) is 5.32 Å². The largest absolute Gasteiger partial charge is 0.507 e. The van der Waals surface area contributed by atoms with Gasteiger partial charge in [0.15, 0.2) is 11.5 Å². The molecule has 0 radical (unpaired) electrons. The predicted octanol–water partition coefficient (Wildman–Crippen LogP) is 3.99. The monoisotopic (exact) mass is 343 g/mol. The number of hydrogen-bond donors (Lipinski definition) is 2. The zero-order chi connectivity index (χ0) is 18.4.